The lowest BCUT2D eigenvalue weighted by molar-refractivity contribution is -0.123. The van der Waals surface area contributed by atoms with Crippen LogP contribution in [0.2, 0.25) is 0 Å². The average molecular weight is 475 g/mol. The summed E-state index contributed by atoms with van der Waals surface area (Å²) in [6, 6.07) is 19.9. The Kier molecular flexibility index (Phi) is 6.46. The molecule has 0 atom stereocenters. The van der Waals surface area contributed by atoms with E-state index in [-0.39, 0.29) is 30.3 Å². The lowest BCUT2D eigenvalue weighted by atomic mass is 9.92. The normalized spacial score (nSPS) is 12.4. The summed E-state index contributed by atoms with van der Waals surface area (Å²) in [5, 5.41) is 24.1. The Hall–Kier alpha value is -4.33. The van der Waals surface area contributed by atoms with Crippen LogP contribution in [0, 0.1) is 5.41 Å². The molecule has 2 amide bonds. The molecule has 0 radical (unpaired) electrons. The van der Waals surface area contributed by atoms with Crippen molar-refractivity contribution in [2.24, 2.45) is 5.41 Å². The summed E-state index contributed by atoms with van der Waals surface area (Å²) in [6.45, 7) is 3.48. The van der Waals surface area contributed by atoms with Crippen LogP contribution in [0.4, 0.5) is 10.5 Å². The van der Waals surface area contributed by atoms with Crippen LogP contribution in [0.5, 0.6) is 5.75 Å². The van der Waals surface area contributed by atoms with E-state index >= 15 is 0 Å². The minimum Gasteiger partial charge on any atom is -0.507 e. The summed E-state index contributed by atoms with van der Waals surface area (Å²) in [5.41, 5.74) is 3.46. The summed E-state index contributed by atoms with van der Waals surface area (Å²) in [7, 11) is 0. The van der Waals surface area contributed by atoms with Gasteiger partial charge < -0.3 is 25.6 Å². The summed E-state index contributed by atoms with van der Waals surface area (Å²) in [6.07, 6.45) is -0.629. The quantitative estimate of drug-likeness (QED) is 0.397. The van der Waals surface area contributed by atoms with Gasteiger partial charge in [0.1, 0.15) is 17.9 Å². The van der Waals surface area contributed by atoms with Crippen molar-refractivity contribution in [3.8, 4) is 16.9 Å². The van der Waals surface area contributed by atoms with E-state index in [1.54, 1.807) is 13.8 Å². The maximum Gasteiger partial charge on any atom is 0.407 e. The molecule has 4 rings (SSSR count). The van der Waals surface area contributed by atoms with Crippen LogP contribution in [-0.2, 0) is 9.53 Å². The van der Waals surface area contributed by atoms with Gasteiger partial charge in [-0.25, -0.2) is 9.59 Å². The molecule has 3 aromatic rings. The highest BCUT2D eigenvalue weighted by Crippen LogP contribution is 2.44. The Morgan fingerprint density at radius 2 is 1.54 bits per heavy atom. The number of amides is 2. The molecule has 1 aliphatic rings. The second-order valence-electron chi connectivity index (χ2n) is 9.05. The third-order valence-corrected chi connectivity index (χ3v) is 6.12. The first-order chi connectivity index (χ1) is 16.7. The number of ether oxygens (including phenoxy) is 1. The topological polar surface area (TPSA) is 125 Å². The number of carbonyl (C=O) groups excluding carboxylic acids is 2. The molecule has 0 bridgehead atoms. The Morgan fingerprint density at radius 1 is 0.943 bits per heavy atom. The zero-order chi connectivity index (χ0) is 25.2. The molecule has 4 N–H and O–H groups in total. The molecule has 0 spiro atoms. The zero-order valence-electron chi connectivity index (χ0n) is 19.4. The first-order valence-corrected chi connectivity index (χ1v) is 11.1. The molecular formula is C27H26N2O6. The van der Waals surface area contributed by atoms with Crippen molar-refractivity contribution in [2.45, 2.75) is 19.8 Å². The summed E-state index contributed by atoms with van der Waals surface area (Å²) >= 11 is 0. The molecule has 0 unspecified atom stereocenters. The number of hydrogen-bond donors (Lipinski definition) is 4. The fourth-order valence-electron chi connectivity index (χ4n) is 4.11. The number of phenols is 1. The van der Waals surface area contributed by atoms with Gasteiger partial charge in [0.05, 0.1) is 5.41 Å². The highest BCUT2D eigenvalue weighted by Gasteiger charge is 2.31. The second-order valence-corrected chi connectivity index (χ2v) is 9.05. The monoisotopic (exact) mass is 474 g/mol. The van der Waals surface area contributed by atoms with Crippen LogP contribution in [0.3, 0.4) is 0 Å². The number of hydrogen-bond acceptors (Lipinski definition) is 5. The summed E-state index contributed by atoms with van der Waals surface area (Å²) in [5.74, 6) is -2.21. The van der Waals surface area contributed by atoms with E-state index < -0.39 is 29.1 Å². The second kappa shape index (κ2) is 9.50. The molecule has 1 aliphatic carbocycles. The maximum atomic E-state index is 12.7. The third kappa shape index (κ3) is 4.96. The van der Waals surface area contributed by atoms with Crippen LogP contribution in [0.15, 0.2) is 66.7 Å². The summed E-state index contributed by atoms with van der Waals surface area (Å²) < 4.78 is 5.51. The van der Waals surface area contributed by atoms with Gasteiger partial charge in [0.2, 0.25) is 5.91 Å². The van der Waals surface area contributed by atoms with Crippen LogP contribution >= 0.6 is 0 Å². The van der Waals surface area contributed by atoms with Crippen LogP contribution in [0.1, 0.15) is 41.3 Å². The van der Waals surface area contributed by atoms with E-state index in [9.17, 15) is 19.5 Å². The van der Waals surface area contributed by atoms with Gasteiger partial charge >= 0.3 is 12.1 Å². The van der Waals surface area contributed by atoms with E-state index in [0.29, 0.717) is 0 Å². The van der Waals surface area contributed by atoms with Gasteiger partial charge in [0.15, 0.2) is 0 Å². The minimum atomic E-state index is -1.27. The Morgan fingerprint density at radius 3 is 2.11 bits per heavy atom. The zero-order valence-corrected chi connectivity index (χ0v) is 19.4. The molecule has 0 saturated heterocycles. The predicted molar refractivity (Wildman–Crippen MR) is 131 cm³/mol. The molecule has 0 heterocycles. The van der Waals surface area contributed by atoms with Crippen molar-refractivity contribution in [1.29, 1.82) is 0 Å². The molecule has 35 heavy (non-hydrogen) atoms. The van der Waals surface area contributed by atoms with E-state index in [2.05, 4.69) is 22.8 Å². The minimum absolute atomic E-state index is 0.00863. The number of aromatic carboxylic acids is 1. The largest absolute Gasteiger partial charge is 0.507 e. The molecule has 0 aliphatic heterocycles. The highest BCUT2D eigenvalue weighted by molar-refractivity contribution is 5.97. The van der Waals surface area contributed by atoms with Crippen molar-refractivity contribution < 1.29 is 29.3 Å². The number of anilines is 1. The molecular weight excluding hydrogens is 448 g/mol. The number of carboxylic acid groups (broad SMARTS) is 1. The molecule has 3 aromatic carbocycles. The highest BCUT2D eigenvalue weighted by atomic mass is 16.5. The van der Waals surface area contributed by atoms with Crippen molar-refractivity contribution in [1.82, 2.24) is 5.32 Å². The first-order valence-electron chi connectivity index (χ1n) is 11.1. The smallest absolute Gasteiger partial charge is 0.407 e. The number of aromatic hydroxyl groups is 1. The van der Waals surface area contributed by atoms with E-state index in [1.165, 1.54) is 12.1 Å². The van der Waals surface area contributed by atoms with Crippen molar-refractivity contribution in [3.63, 3.8) is 0 Å². The van der Waals surface area contributed by atoms with Crippen LogP contribution < -0.4 is 10.6 Å². The van der Waals surface area contributed by atoms with Gasteiger partial charge in [0.25, 0.3) is 0 Å². The lowest BCUT2D eigenvalue weighted by Gasteiger charge is -2.24. The van der Waals surface area contributed by atoms with E-state index in [1.807, 2.05) is 36.4 Å². The molecule has 0 saturated carbocycles. The third-order valence-electron chi connectivity index (χ3n) is 6.12. The van der Waals surface area contributed by atoms with Gasteiger partial charge in [-0.3, -0.25) is 4.79 Å². The fourth-order valence-corrected chi connectivity index (χ4v) is 4.11. The predicted octanol–water partition coefficient (Wildman–Crippen LogP) is 4.59. The SMILES string of the molecule is CC(C)(CNC(=O)OCC1c2ccccc2-c2ccccc21)C(=O)Nc1ccc(C(=O)O)c(O)c1. The standard InChI is InChI=1S/C27H26N2O6/c1-27(2,25(33)29-16-11-12-21(24(31)32)23(30)13-16)15-28-26(34)35-14-22-19-9-5-3-7-17(19)18-8-4-6-10-20(18)22/h3-13,22,30H,14-15H2,1-2H3,(H,28,34)(H,29,33)(H,31,32). The fraction of sp³-hybridized carbons (Fsp3) is 0.222. The molecule has 8 nitrogen and oxygen atoms in total. The average Bonchev–Trinajstić information content (AvgIpc) is 3.15. The maximum absolute atomic E-state index is 12.7. The first kappa shape index (κ1) is 23.8. The van der Waals surface area contributed by atoms with Gasteiger partial charge in [0, 0.05) is 24.2 Å². The van der Waals surface area contributed by atoms with Crippen LogP contribution in [-0.4, -0.2) is 41.3 Å². The number of nitrogens with one attached hydrogen (secondary N) is 2. The number of rotatable bonds is 7. The van der Waals surface area contributed by atoms with Crippen molar-refractivity contribution in [2.75, 3.05) is 18.5 Å². The molecule has 0 fully saturated rings. The van der Waals surface area contributed by atoms with Crippen molar-refractivity contribution >= 4 is 23.7 Å². The number of fused-ring (bicyclic) bond motifs is 3. The van der Waals surface area contributed by atoms with E-state index in [0.717, 1.165) is 28.3 Å². The van der Waals surface area contributed by atoms with Crippen molar-refractivity contribution in [3.05, 3.63) is 83.4 Å². The molecule has 8 heteroatoms. The van der Waals surface area contributed by atoms with Crippen LogP contribution in [0.25, 0.3) is 11.1 Å². The lowest BCUT2D eigenvalue weighted by Crippen LogP contribution is -2.42. The van der Waals surface area contributed by atoms with Gasteiger partial charge in [-0.05, 0) is 48.2 Å². The van der Waals surface area contributed by atoms with E-state index in [4.69, 9.17) is 9.84 Å². The van der Waals surface area contributed by atoms with Gasteiger partial charge in [-0.15, -0.1) is 0 Å². The molecule has 0 aromatic heterocycles. The molecule has 180 valence electrons. The van der Waals surface area contributed by atoms with Gasteiger partial charge in [-0.2, -0.15) is 0 Å². The summed E-state index contributed by atoms with van der Waals surface area (Å²) in [4.78, 5) is 36.2. The number of benzene rings is 3. The Balaban J connectivity index is 1.33. The Labute approximate surface area is 202 Å². The number of carbonyl (C=O) groups is 3. The van der Waals surface area contributed by atoms with Gasteiger partial charge in [-0.1, -0.05) is 48.5 Å². The number of carboxylic acids is 1. The Bertz CT molecular complexity index is 1250. The number of alkyl carbamates (subject to hydrolysis) is 1.